The predicted octanol–water partition coefficient (Wildman–Crippen LogP) is 3.21. The minimum Gasteiger partial charge on any atom is -0.373 e. The topological polar surface area (TPSA) is 49.8 Å². The SMILES string of the molecule is CCCCCC(C)Nc1ncnc(NC)c1C. The molecule has 0 aliphatic carbocycles. The van der Waals surface area contributed by atoms with Gasteiger partial charge in [-0.05, 0) is 20.3 Å². The summed E-state index contributed by atoms with van der Waals surface area (Å²) in [5, 5.41) is 6.52. The summed E-state index contributed by atoms with van der Waals surface area (Å²) in [5.41, 5.74) is 1.08. The second kappa shape index (κ2) is 7.09. The largest absolute Gasteiger partial charge is 0.373 e. The van der Waals surface area contributed by atoms with E-state index in [1.165, 1.54) is 25.7 Å². The molecule has 1 heterocycles. The molecule has 0 spiro atoms. The summed E-state index contributed by atoms with van der Waals surface area (Å²) < 4.78 is 0. The molecular weight excluding hydrogens is 212 g/mol. The highest BCUT2D eigenvalue weighted by molar-refractivity contribution is 5.56. The quantitative estimate of drug-likeness (QED) is 0.714. The van der Waals surface area contributed by atoms with E-state index in [0.29, 0.717) is 6.04 Å². The fraction of sp³-hybridized carbons (Fsp3) is 0.692. The van der Waals surface area contributed by atoms with Crippen molar-refractivity contribution in [1.29, 1.82) is 0 Å². The molecule has 17 heavy (non-hydrogen) atoms. The summed E-state index contributed by atoms with van der Waals surface area (Å²) >= 11 is 0. The van der Waals surface area contributed by atoms with Gasteiger partial charge >= 0.3 is 0 Å². The fourth-order valence-corrected chi connectivity index (χ4v) is 1.85. The molecule has 96 valence electrons. The van der Waals surface area contributed by atoms with Gasteiger partial charge in [-0.1, -0.05) is 26.2 Å². The van der Waals surface area contributed by atoms with Gasteiger partial charge in [0, 0.05) is 18.7 Å². The van der Waals surface area contributed by atoms with Gasteiger partial charge in [-0.3, -0.25) is 0 Å². The van der Waals surface area contributed by atoms with Crippen LogP contribution in [0.1, 0.15) is 45.1 Å². The second-order valence-corrected chi connectivity index (χ2v) is 4.49. The first-order valence-corrected chi connectivity index (χ1v) is 6.44. The van der Waals surface area contributed by atoms with Crippen LogP contribution in [0.5, 0.6) is 0 Å². The summed E-state index contributed by atoms with van der Waals surface area (Å²) in [6.45, 7) is 6.47. The number of nitrogens with zero attached hydrogens (tertiary/aromatic N) is 2. The molecule has 0 saturated heterocycles. The molecule has 1 rings (SSSR count). The molecule has 1 unspecified atom stereocenters. The Hall–Kier alpha value is -1.32. The molecule has 1 aromatic heterocycles. The summed E-state index contributed by atoms with van der Waals surface area (Å²) in [5.74, 6) is 1.83. The average Bonchev–Trinajstić information content (AvgIpc) is 2.32. The molecule has 1 atom stereocenters. The van der Waals surface area contributed by atoms with Crippen LogP contribution in [0.15, 0.2) is 6.33 Å². The Kier molecular flexibility index (Phi) is 5.73. The third-order valence-corrected chi connectivity index (χ3v) is 2.94. The zero-order valence-electron chi connectivity index (χ0n) is 11.4. The lowest BCUT2D eigenvalue weighted by molar-refractivity contribution is 0.613. The Labute approximate surface area is 104 Å². The molecule has 0 aromatic carbocycles. The number of unbranched alkanes of at least 4 members (excludes halogenated alkanes) is 2. The molecule has 4 nitrogen and oxygen atoms in total. The lowest BCUT2D eigenvalue weighted by Crippen LogP contribution is -2.17. The van der Waals surface area contributed by atoms with Crippen molar-refractivity contribution in [3.05, 3.63) is 11.9 Å². The van der Waals surface area contributed by atoms with Gasteiger partial charge in [-0.15, -0.1) is 0 Å². The monoisotopic (exact) mass is 236 g/mol. The molecular formula is C13H24N4. The normalized spacial score (nSPS) is 12.2. The van der Waals surface area contributed by atoms with Gasteiger partial charge in [-0.25, -0.2) is 9.97 Å². The highest BCUT2D eigenvalue weighted by Crippen LogP contribution is 2.19. The van der Waals surface area contributed by atoms with Gasteiger partial charge < -0.3 is 10.6 Å². The summed E-state index contributed by atoms with van der Waals surface area (Å²) in [6, 6.07) is 0.458. The van der Waals surface area contributed by atoms with E-state index >= 15 is 0 Å². The van der Waals surface area contributed by atoms with Crippen molar-refractivity contribution < 1.29 is 0 Å². The van der Waals surface area contributed by atoms with E-state index in [1.54, 1.807) is 6.33 Å². The van der Waals surface area contributed by atoms with Crippen molar-refractivity contribution in [2.24, 2.45) is 0 Å². The Morgan fingerprint density at radius 2 is 1.94 bits per heavy atom. The number of anilines is 2. The molecule has 0 bridgehead atoms. The number of rotatable bonds is 7. The van der Waals surface area contributed by atoms with Crippen molar-refractivity contribution in [3.63, 3.8) is 0 Å². The minimum atomic E-state index is 0.458. The highest BCUT2D eigenvalue weighted by atomic mass is 15.1. The maximum atomic E-state index is 4.29. The van der Waals surface area contributed by atoms with Gasteiger partial charge in [0.25, 0.3) is 0 Å². The Balaban J connectivity index is 2.55. The molecule has 1 aromatic rings. The maximum Gasteiger partial charge on any atom is 0.134 e. The van der Waals surface area contributed by atoms with Crippen LogP contribution >= 0.6 is 0 Å². The fourth-order valence-electron chi connectivity index (χ4n) is 1.85. The smallest absolute Gasteiger partial charge is 0.134 e. The van der Waals surface area contributed by atoms with Gasteiger partial charge in [0.1, 0.15) is 18.0 Å². The van der Waals surface area contributed by atoms with Crippen LogP contribution in [0.25, 0.3) is 0 Å². The van der Waals surface area contributed by atoms with Gasteiger partial charge in [0.2, 0.25) is 0 Å². The number of hydrogen-bond donors (Lipinski definition) is 2. The van der Waals surface area contributed by atoms with E-state index in [2.05, 4.69) is 34.4 Å². The van der Waals surface area contributed by atoms with E-state index in [9.17, 15) is 0 Å². The Bertz CT molecular complexity index is 338. The minimum absolute atomic E-state index is 0.458. The van der Waals surface area contributed by atoms with Gasteiger partial charge in [0.05, 0.1) is 0 Å². The van der Waals surface area contributed by atoms with E-state index in [-0.39, 0.29) is 0 Å². The van der Waals surface area contributed by atoms with E-state index in [0.717, 1.165) is 17.2 Å². The zero-order chi connectivity index (χ0) is 12.7. The first-order valence-electron chi connectivity index (χ1n) is 6.44. The maximum absolute atomic E-state index is 4.29. The van der Waals surface area contributed by atoms with E-state index < -0.39 is 0 Å². The van der Waals surface area contributed by atoms with Gasteiger partial charge in [-0.2, -0.15) is 0 Å². The first kappa shape index (κ1) is 13.7. The van der Waals surface area contributed by atoms with Crippen LogP contribution in [-0.4, -0.2) is 23.1 Å². The van der Waals surface area contributed by atoms with Crippen LogP contribution < -0.4 is 10.6 Å². The summed E-state index contributed by atoms with van der Waals surface area (Å²) in [6.07, 6.45) is 6.62. The Morgan fingerprint density at radius 3 is 2.59 bits per heavy atom. The third kappa shape index (κ3) is 4.21. The molecule has 0 saturated carbocycles. The van der Waals surface area contributed by atoms with Crippen LogP contribution in [0.4, 0.5) is 11.6 Å². The molecule has 0 fully saturated rings. The van der Waals surface area contributed by atoms with Crippen molar-refractivity contribution in [3.8, 4) is 0 Å². The third-order valence-electron chi connectivity index (χ3n) is 2.94. The van der Waals surface area contributed by atoms with E-state index in [4.69, 9.17) is 0 Å². The van der Waals surface area contributed by atoms with E-state index in [1.807, 2.05) is 14.0 Å². The lowest BCUT2D eigenvalue weighted by Gasteiger charge is -2.16. The van der Waals surface area contributed by atoms with Crippen LogP contribution in [0.3, 0.4) is 0 Å². The molecule has 0 amide bonds. The lowest BCUT2D eigenvalue weighted by atomic mass is 10.1. The van der Waals surface area contributed by atoms with Crippen LogP contribution in [0, 0.1) is 6.92 Å². The summed E-state index contributed by atoms with van der Waals surface area (Å²) in [7, 11) is 1.88. The zero-order valence-corrected chi connectivity index (χ0v) is 11.4. The molecule has 2 N–H and O–H groups in total. The molecule has 0 aliphatic rings. The van der Waals surface area contributed by atoms with Crippen molar-refractivity contribution in [2.75, 3.05) is 17.7 Å². The predicted molar refractivity (Wildman–Crippen MR) is 73.5 cm³/mol. The molecule has 4 heteroatoms. The Morgan fingerprint density at radius 1 is 1.24 bits per heavy atom. The van der Waals surface area contributed by atoms with Crippen molar-refractivity contribution in [2.45, 2.75) is 52.5 Å². The van der Waals surface area contributed by atoms with Gasteiger partial charge in [0.15, 0.2) is 0 Å². The first-order chi connectivity index (χ1) is 8.19. The number of nitrogens with one attached hydrogen (secondary N) is 2. The standard InChI is InChI=1S/C13H24N4/c1-5-6-7-8-10(2)17-13-11(3)12(14-4)15-9-16-13/h9-10H,5-8H2,1-4H3,(H2,14,15,16,17). The van der Waals surface area contributed by atoms with Crippen molar-refractivity contribution >= 4 is 11.6 Å². The molecule has 0 radical (unpaired) electrons. The van der Waals surface area contributed by atoms with Crippen molar-refractivity contribution in [1.82, 2.24) is 9.97 Å². The molecule has 0 aliphatic heterocycles. The number of aromatic nitrogens is 2. The van der Waals surface area contributed by atoms with Crippen LogP contribution in [-0.2, 0) is 0 Å². The summed E-state index contributed by atoms with van der Waals surface area (Å²) in [4.78, 5) is 8.47. The van der Waals surface area contributed by atoms with Crippen LogP contribution in [0.2, 0.25) is 0 Å². The average molecular weight is 236 g/mol. The second-order valence-electron chi connectivity index (χ2n) is 4.49. The number of hydrogen-bond acceptors (Lipinski definition) is 4. The highest BCUT2D eigenvalue weighted by Gasteiger charge is 2.08.